The van der Waals surface area contributed by atoms with Crippen LogP contribution >= 0.6 is 0 Å². The van der Waals surface area contributed by atoms with Gasteiger partial charge in [-0.25, -0.2) is 0 Å². The molecule has 0 saturated carbocycles. The van der Waals surface area contributed by atoms with E-state index in [0.717, 1.165) is 0 Å². The predicted octanol–water partition coefficient (Wildman–Crippen LogP) is 1.81. The van der Waals surface area contributed by atoms with Gasteiger partial charge in [-0.2, -0.15) is 0 Å². The lowest BCUT2D eigenvalue weighted by Gasteiger charge is -2.07. The SMILES string of the molecule is CCOc1[c]cccc1OC(C)=O. The Balaban J connectivity index is 2.84. The van der Waals surface area contributed by atoms with E-state index in [4.69, 9.17) is 9.47 Å². The first kappa shape index (κ1) is 9.58. The maximum Gasteiger partial charge on any atom is 0.308 e. The molecule has 0 N–H and O–H groups in total. The third-order valence-corrected chi connectivity index (χ3v) is 1.32. The molecule has 1 radical (unpaired) electrons. The summed E-state index contributed by atoms with van der Waals surface area (Å²) in [5.41, 5.74) is 0. The fraction of sp³-hybridized carbons (Fsp3) is 0.300. The first-order valence-electron chi connectivity index (χ1n) is 4.06. The molecular formula is C10H11O3. The van der Waals surface area contributed by atoms with E-state index in [2.05, 4.69) is 6.07 Å². The quantitative estimate of drug-likeness (QED) is 0.524. The molecule has 3 nitrogen and oxygen atoms in total. The summed E-state index contributed by atoms with van der Waals surface area (Å²) in [7, 11) is 0. The van der Waals surface area contributed by atoms with Crippen LogP contribution in [0.3, 0.4) is 0 Å². The monoisotopic (exact) mass is 179 g/mol. The van der Waals surface area contributed by atoms with Crippen molar-refractivity contribution in [3.63, 3.8) is 0 Å². The third kappa shape index (κ3) is 2.78. The van der Waals surface area contributed by atoms with Crippen LogP contribution in [0.2, 0.25) is 0 Å². The van der Waals surface area contributed by atoms with E-state index in [0.29, 0.717) is 18.1 Å². The van der Waals surface area contributed by atoms with Gasteiger partial charge in [0.15, 0.2) is 11.5 Å². The maximum absolute atomic E-state index is 10.7. The Morgan fingerprint density at radius 1 is 1.62 bits per heavy atom. The molecule has 0 spiro atoms. The van der Waals surface area contributed by atoms with Gasteiger partial charge in [0.1, 0.15) is 0 Å². The largest absolute Gasteiger partial charge is 0.489 e. The highest BCUT2D eigenvalue weighted by atomic mass is 16.6. The summed E-state index contributed by atoms with van der Waals surface area (Å²) in [5.74, 6) is 0.526. The molecule has 0 aromatic heterocycles. The van der Waals surface area contributed by atoms with Gasteiger partial charge in [-0.15, -0.1) is 0 Å². The summed E-state index contributed by atoms with van der Waals surface area (Å²) in [4.78, 5) is 10.7. The van der Waals surface area contributed by atoms with Crippen LogP contribution in [0.4, 0.5) is 0 Å². The lowest BCUT2D eigenvalue weighted by Crippen LogP contribution is -2.03. The number of esters is 1. The lowest BCUT2D eigenvalue weighted by atomic mass is 10.3. The number of carbonyl (C=O) groups excluding carboxylic acids is 1. The third-order valence-electron chi connectivity index (χ3n) is 1.32. The van der Waals surface area contributed by atoms with Crippen LogP contribution in [0.25, 0.3) is 0 Å². The summed E-state index contributed by atoms with van der Waals surface area (Å²) in [6, 6.07) is 7.96. The molecule has 0 fully saturated rings. The van der Waals surface area contributed by atoms with Crippen LogP contribution in [-0.2, 0) is 4.79 Å². The first-order valence-corrected chi connectivity index (χ1v) is 4.06. The normalized spacial score (nSPS) is 9.38. The van der Waals surface area contributed by atoms with Crippen molar-refractivity contribution in [3.8, 4) is 11.5 Å². The van der Waals surface area contributed by atoms with Crippen LogP contribution in [0, 0.1) is 6.07 Å². The average molecular weight is 179 g/mol. The van der Waals surface area contributed by atoms with Crippen LogP contribution in [0.15, 0.2) is 18.2 Å². The second-order valence-electron chi connectivity index (χ2n) is 2.39. The Labute approximate surface area is 77.3 Å². The molecule has 0 amide bonds. The van der Waals surface area contributed by atoms with Gasteiger partial charge in [0.2, 0.25) is 0 Å². The van der Waals surface area contributed by atoms with E-state index in [1.807, 2.05) is 6.92 Å². The number of benzene rings is 1. The zero-order valence-corrected chi connectivity index (χ0v) is 7.66. The maximum atomic E-state index is 10.7. The van der Waals surface area contributed by atoms with Crippen molar-refractivity contribution in [1.82, 2.24) is 0 Å². The van der Waals surface area contributed by atoms with Crippen LogP contribution in [0.1, 0.15) is 13.8 Å². The summed E-state index contributed by atoms with van der Waals surface area (Å²) in [5, 5.41) is 0. The minimum absolute atomic E-state index is 0.361. The highest BCUT2D eigenvalue weighted by Gasteiger charge is 2.05. The highest BCUT2D eigenvalue weighted by Crippen LogP contribution is 2.25. The second-order valence-corrected chi connectivity index (χ2v) is 2.39. The van der Waals surface area contributed by atoms with Crippen molar-refractivity contribution in [1.29, 1.82) is 0 Å². The summed E-state index contributed by atoms with van der Waals surface area (Å²) in [6.07, 6.45) is 0. The topological polar surface area (TPSA) is 35.5 Å². The van der Waals surface area contributed by atoms with Crippen molar-refractivity contribution in [3.05, 3.63) is 24.3 Å². The number of carbonyl (C=O) groups is 1. The van der Waals surface area contributed by atoms with Crippen molar-refractivity contribution in [2.75, 3.05) is 6.61 Å². The minimum atomic E-state index is -0.361. The predicted molar refractivity (Wildman–Crippen MR) is 47.8 cm³/mol. The average Bonchev–Trinajstić information content (AvgIpc) is 2.08. The Bertz CT molecular complexity index is 294. The van der Waals surface area contributed by atoms with E-state index in [-0.39, 0.29) is 5.97 Å². The Hall–Kier alpha value is -1.51. The Kier molecular flexibility index (Phi) is 3.31. The molecule has 1 rings (SSSR count). The number of ether oxygens (including phenoxy) is 2. The van der Waals surface area contributed by atoms with Crippen molar-refractivity contribution >= 4 is 5.97 Å². The number of rotatable bonds is 3. The Morgan fingerprint density at radius 3 is 3.00 bits per heavy atom. The lowest BCUT2D eigenvalue weighted by molar-refractivity contribution is -0.132. The molecule has 0 aliphatic heterocycles. The van der Waals surface area contributed by atoms with Gasteiger partial charge in [0, 0.05) is 13.0 Å². The fourth-order valence-electron chi connectivity index (χ4n) is 0.898. The van der Waals surface area contributed by atoms with Crippen molar-refractivity contribution < 1.29 is 14.3 Å². The zero-order valence-electron chi connectivity index (χ0n) is 7.66. The van der Waals surface area contributed by atoms with Gasteiger partial charge >= 0.3 is 5.97 Å². The molecule has 0 aliphatic rings. The van der Waals surface area contributed by atoms with Gasteiger partial charge in [-0.05, 0) is 13.0 Å². The number of hydrogen-bond acceptors (Lipinski definition) is 3. The molecule has 3 heteroatoms. The standard InChI is InChI=1S/C10H11O3/c1-3-12-9-6-4-5-7-10(9)13-8(2)11/h4-5,7H,3H2,1-2H3. The van der Waals surface area contributed by atoms with E-state index in [1.54, 1.807) is 18.2 Å². The van der Waals surface area contributed by atoms with Crippen molar-refractivity contribution in [2.45, 2.75) is 13.8 Å². The van der Waals surface area contributed by atoms with Crippen LogP contribution < -0.4 is 9.47 Å². The summed E-state index contributed by atoms with van der Waals surface area (Å²) in [6.45, 7) is 3.73. The molecule has 0 atom stereocenters. The molecule has 0 bridgehead atoms. The molecule has 0 unspecified atom stereocenters. The molecule has 69 valence electrons. The zero-order chi connectivity index (χ0) is 9.68. The van der Waals surface area contributed by atoms with Gasteiger partial charge in [-0.3, -0.25) is 4.79 Å². The summed E-state index contributed by atoms with van der Waals surface area (Å²) < 4.78 is 10.1. The first-order chi connectivity index (χ1) is 6.24. The summed E-state index contributed by atoms with van der Waals surface area (Å²) >= 11 is 0. The molecule has 0 aliphatic carbocycles. The molecule has 1 aromatic carbocycles. The van der Waals surface area contributed by atoms with Gasteiger partial charge in [0.25, 0.3) is 0 Å². The van der Waals surface area contributed by atoms with Crippen LogP contribution in [-0.4, -0.2) is 12.6 Å². The van der Waals surface area contributed by atoms with Gasteiger partial charge < -0.3 is 9.47 Å². The smallest absolute Gasteiger partial charge is 0.308 e. The van der Waals surface area contributed by atoms with E-state index in [9.17, 15) is 4.79 Å². The van der Waals surface area contributed by atoms with E-state index in [1.165, 1.54) is 6.92 Å². The minimum Gasteiger partial charge on any atom is -0.489 e. The Morgan fingerprint density at radius 2 is 2.38 bits per heavy atom. The molecule has 1 aromatic rings. The van der Waals surface area contributed by atoms with Crippen molar-refractivity contribution in [2.24, 2.45) is 0 Å². The van der Waals surface area contributed by atoms with Crippen LogP contribution in [0.5, 0.6) is 11.5 Å². The van der Waals surface area contributed by atoms with Gasteiger partial charge in [0.05, 0.1) is 6.61 Å². The number of hydrogen-bond donors (Lipinski definition) is 0. The fourth-order valence-corrected chi connectivity index (χ4v) is 0.898. The highest BCUT2D eigenvalue weighted by molar-refractivity contribution is 5.70. The number of para-hydroxylation sites is 1. The molecular weight excluding hydrogens is 168 g/mol. The van der Waals surface area contributed by atoms with E-state index < -0.39 is 0 Å². The molecule has 13 heavy (non-hydrogen) atoms. The molecule has 0 saturated heterocycles. The van der Waals surface area contributed by atoms with E-state index >= 15 is 0 Å². The molecule has 0 heterocycles. The van der Waals surface area contributed by atoms with Gasteiger partial charge in [-0.1, -0.05) is 12.1 Å². The second kappa shape index (κ2) is 4.50.